The van der Waals surface area contributed by atoms with E-state index in [1.165, 1.54) is 25.1 Å². The number of fused-ring (bicyclic) bond motifs is 2. The Labute approximate surface area is 161 Å². The predicted molar refractivity (Wildman–Crippen MR) is 99.5 cm³/mol. The van der Waals surface area contributed by atoms with Crippen molar-refractivity contribution < 1.29 is 27.5 Å². The Morgan fingerprint density at radius 3 is 2.50 bits per heavy atom. The molecule has 0 saturated heterocycles. The van der Waals surface area contributed by atoms with Crippen molar-refractivity contribution in [1.82, 2.24) is 4.72 Å². The van der Waals surface area contributed by atoms with E-state index in [-0.39, 0.29) is 23.9 Å². The van der Waals surface area contributed by atoms with E-state index in [0.29, 0.717) is 22.7 Å². The summed E-state index contributed by atoms with van der Waals surface area (Å²) >= 11 is 0. The van der Waals surface area contributed by atoms with Crippen LogP contribution in [0.1, 0.15) is 12.5 Å². The quantitative estimate of drug-likeness (QED) is 0.664. The van der Waals surface area contributed by atoms with Crippen molar-refractivity contribution in [3.8, 4) is 11.5 Å². The number of carbonyl (C=O) groups is 2. The number of sulfonamides is 1. The monoisotopic (exact) mass is 403 g/mol. The second kappa shape index (κ2) is 6.80. The van der Waals surface area contributed by atoms with Gasteiger partial charge in [-0.1, -0.05) is 6.07 Å². The van der Waals surface area contributed by atoms with Crippen LogP contribution in [0.2, 0.25) is 0 Å². The molecule has 2 amide bonds. The number of carbonyl (C=O) groups excluding carboxylic acids is 2. The van der Waals surface area contributed by atoms with Gasteiger partial charge in [0.15, 0.2) is 11.5 Å². The first-order chi connectivity index (χ1) is 13.3. The number of amides is 2. The van der Waals surface area contributed by atoms with E-state index in [9.17, 15) is 18.0 Å². The van der Waals surface area contributed by atoms with Gasteiger partial charge < -0.3 is 20.1 Å². The van der Waals surface area contributed by atoms with E-state index in [4.69, 9.17) is 9.47 Å². The number of rotatable bonds is 4. The van der Waals surface area contributed by atoms with Crippen molar-refractivity contribution in [2.75, 3.05) is 17.4 Å². The molecule has 0 aromatic heterocycles. The van der Waals surface area contributed by atoms with Crippen LogP contribution < -0.4 is 24.8 Å². The number of hydrogen-bond acceptors (Lipinski definition) is 6. The van der Waals surface area contributed by atoms with Crippen LogP contribution in [-0.2, 0) is 26.2 Å². The third-order valence-electron chi connectivity index (χ3n) is 4.51. The van der Waals surface area contributed by atoms with E-state index in [1.807, 2.05) is 0 Å². The van der Waals surface area contributed by atoms with E-state index in [0.717, 1.165) is 0 Å². The SMILES string of the molecule is CC1C(=O)Nc2ccc(S(=O)(=O)NCc3ccc4c(c3)OCO4)cc2NC1=O. The Kier molecular flexibility index (Phi) is 4.44. The summed E-state index contributed by atoms with van der Waals surface area (Å²) in [6.45, 7) is 1.66. The van der Waals surface area contributed by atoms with Crippen LogP contribution in [0.4, 0.5) is 11.4 Å². The van der Waals surface area contributed by atoms with Gasteiger partial charge in [-0.15, -0.1) is 0 Å². The normalized spacial score (nSPS) is 18.1. The molecule has 28 heavy (non-hydrogen) atoms. The molecule has 0 saturated carbocycles. The van der Waals surface area contributed by atoms with Gasteiger partial charge in [-0.05, 0) is 42.8 Å². The van der Waals surface area contributed by atoms with Crippen molar-refractivity contribution in [2.24, 2.45) is 5.92 Å². The molecule has 4 rings (SSSR count). The molecule has 2 aliphatic rings. The lowest BCUT2D eigenvalue weighted by Gasteiger charge is -2.11. The molecular weight excluding hydrogens is 386 g/mol. The number of benzene rings is 2. The summed E-state index contributed by atoms with van der Waals surface area (Å²) < 4.78 is 38.3. The molecule has 3 N–H and O–H groups in total. The van der Waals surface area contributed by atoms with Gasteiger partial charge in [-0.25, -0.2) is 13.1 Å². The molecular formula is C18H17N3O6S. The molecule has 0 radical (unpaired) electrons. The van der Waals surface area contributed by atoms with Crippen LogP contribution in [0.3, 0.4) is 0 Å². The molecule has 1 unspecified atom stereocenters. The van der Waals surface area contributed by atoms with Crippen molar-refractivity contribution in [1.29, 1.82) is 0 Å². The Morgan fingerprint density at radius 1 is 1.00 bits per heavy atom. The fourth-order valence-corrected chi connectivity index (χ4v) is 3.86. The summed E-state index contributed by atoms with van der Waals surface area (Å²) in [7, 11) is -3.85. The molecule has 0 bridgehead atoms. The first-order valence-corrected chi connectivity index (χ1v) is 9.96. The number of ether oxygens (including phenoxy) is 2. The molecule has 2 heterocycles. The average Bonchev–Trinajstić information content (AvgIpc) is 3.10. The molecule has 0 fully saturated rings. The highest BCUT2D eigenvalue weighted by molar-refractivity contribution is 7.89. The van der Waals surface area contributed by atoms with Crippen LogP contribution >= 0.6 is 0 Å². The van der Waals surface area contributed by atoms with E-state index < -0.39 is 27.8 Å². The molecule has 146 valence electrons. The molecule has 2 aromatic rings. The second-order valence-electron chi connectivity index (χ2n) is 6.42. The minimum Gasteiger partial charge on any atom is -0.454 e. The lowest BCUT2D eigenvalue weighted by atomic mass is 10.1. The maximum Gasteiger partial charge on any atom is 0.240 e. The third kappa shape index (κ3) is 3.39. The van der Waals surface area contributed by atoms with Crippen LogP contribution in [0.25, 0.3) is 0 Å². The molecule has 2 aromatic carbocycles. The largest absolute Gasteiger partial charge is 0.454 e. The van der Waals surface area contributed by atoms with Crippen molar-refractivity contribution in [3.05, 3.63) is 42.0 Å². The lowest BCUT2D eigenvalue weighted by molar-refractivity contribution is -0.128. The second-order valence-corrected chi connectivity index (χ2v) is 8.19. The number of anilines is 2. The zero-order chi connectivity index (χ0) is 19.9. The Balaban J connectivity index is 1.54. The molecule has 0 spiro atoms. The molecule has 0 aliphatic carbocycles. The third-order valence-corrected chi connectivity index (χ3v) is 5.91. The maximum atomic E-state index is 12.7. The first kappa shape index (κ1) is 18.3. The van der Waals surface area contributed by atoms with Gasteiger partial charge in [0.2, 0.25) is 28.6 Å². The average molecular weight is 403 g/mol. The van der Waals surface area contributed by atoms with E-state index >= 15 is 0 Å². The Bertz CT molecular complexity index is 1080. The van der Waals surface area contributed by atoms with Crippen molar-refractivity contribution in [2.45, 2.75) is 18.4 Å². The van der Waals surface area contributed by atoms with Gasteiger partial charge in [0.05, 0.1) is 16.3 Å². The van der Waals surface area contributed by atoms with Gasteiger partial charge in [0, 0.05) is 6.54 Å². The van der Waals surface area contributed by atoms with Crippen LogP contribution in [0.15, 0.2) is 41.3 Å². The van der Waals surface area contributed by atoms with E-state index in [1.54, 1.807) is 18.2 Å². The molecule has 2 aliphatic heterocycles. The van der Waals surface area contributed by atoms with Gasteiger partial charge in [0.1, 0.15) is 5.92 Å². The lowest BCUT2D eigenvalue weighted by Crippen LogP contribution is -2.28. The van der Waals surface area contributed by atoms with E-state index in [2.05, 4.69) is 15.4 Å². The zero-order valence-corrected chi connectivity index (χ0v) is 15.6. The molecule has 9 nitrogen and oxygen atoms in total. The van der Waals surface area contributed by atoms with Crippen molar-refractivity contribution >= 4 is 33.2 Å². The topological polar surface area (TPSA) is 123 Å². The highest BCUT2D eigenvalue weighted by Crippen LogP contribution is 2.33. The minimum atomic E-state index is -3.85. The van der Waals surface area contributed by atoms with Gasteiger partial charge in [-0.3, -0.25) is 9.59 Å². The zero-order valence-electron chi connectivity index (χ0n) is 14.8. The summed E-state index contributed by atoms with van der Waals surface area (Å²) in [6.07, 6.45) is 0. The van der Waals surface area contributed by atoms with Crippen LogP contribution in [0.5, 0.6) is 11.5 Å². The highest BCUT2D eigenvalue weighted by Gasteiger charge is 2.28. The van der Waals surface area contributed by atoms with Crippen LogP contribution in [-0.4, -0.2) is 27.0 Å². The fraction of sp³-hybridized carbons (Fsp3) is 0.222. The van der Waals surface area contributed by atoms with Gasteiger partial charge >= 0.3 is 0 Å². The minimum absolute atomic E-state index is 0.0314. The smallest absolute Gasteiger partial charge is 0.240 e. The maximum absolute atomic E-state index is 12.7. The number of nitrogens with one attached hydrogen (secondary N) is 3. The summed E-state index contributed by atoms with van der Waals surface area (Å²) in [5.74, 6) is -0.651. The fourth-order valence-electron chi connectivity index (χ4n) is 2.82. The summed E-state index contributed by atoms with van der Waals surface area (Å²) in [5, 5.41) is 5.17. The summed E-state index contributed by atoms with van der Waals surface area (Å²) in [4.78, 5) is 23.8. The predicted octanol–water partition coefficient (Wildman–Crippen LogP) is 1.42. The van der Waals surface area contributed by atoms with Crippen LogP contribution in [0, 0.1) is 5.92 Å². The van der Waals surface area contributed by atoms with Gasteiger partial charge in [0.25, 0.3) is 0 Å². The van der Waals surface area contributed by atoms with Gasteiger partial charge in [-0.2, -0.15) is 0 Å². The Hall–Kier alpha value is -3.11. The highest BCUT2D eigenvalue weighted by atomic mass is 32.2. The standard InChI is InChI=1S/C18H17N3O6S/c1-10-17(22)20-13-4-3-12(7-14(13)21-18(10)23)28(24,25)19-8-11-2-5-15-16(6-11)27-9-26-15/h2-7,10,19H,8-9H2,1H3,(H,20,22)(H,21,23). The first-order valence-electron chi connectivity index (χ1n) is 8.47. The summed E-state index contributed by atoms with van der Waals surface area (Å²) in [5.41, 5.74) is 1.28. The Morgan fingerprint density at radius 2 is 1.71 bits per heavy atom. The molecule has 10 heteroatoms. The van der Waals surface area contributed by atoms with Crippen molar-refractivity contribution in [3.63, 3.8) is 0 Å². The molecule has 1 atom stereocenters. The number of hydrogen-bond donors (Lipinski definition) is 3. The summed E-state index contributed by atoms with van der Waals surface area (Å²) in [6, 6.07) is 9.29.